The van der Waals surface area contributed by atoms with Crippen molar-refractivity contribution < 1.29 is 4.79 Å². The molecule has 1 aromatic carbocycles. The van der Waals surface area contributed by atoms with Crippen molar-refractivity contribution >= 4 is 33.2 Å². The van der Waals surface area contributed by atoms with Gasteiger partial charge in [0, 0.05) is 12.1 Å². The van der Waals surface area contributed by atoms with E-state index >= 15 is 0 Å². The summed E-state index contributed by atoms with van der Waals surface area (Å²) < 4.78 is 1.60. The smallest absolute Gasteiger partial charge is 0.261 e. The minimum absolute atomic E-state index is 0.161. The summed E-state index contributed by atoms with van der Waals surface area (Å²) in [5.74, 6) is -0.161. The molecule has 0 bridgehead atoms. The van der Waals surface area contributed by atoms with Gasteiger partial charge in [-0.15, -0.1) is 0 Å². The second kappa shape index (κ2) is 5.70. The Morgan fingerprint density at radius 2 is 1.92 bits per heavy atom. The standard InChI is InChI=1S/C18H19N3O2S/c1-10-7-13-14(8-11(10)2)21-16(22)9-15(24-18(21)20-13)17(23)19-12-5-3-4-6-12/h7-9,12H,3-6H2,1-2H3,(H,19,23). The molecule has 0 atom stereocenters. The van der Waals surface area contributed by atoms with Crippen LogP contribution in [0.3, 0.4) is 0 Å². The molecular weight excluding hydrogens is 322 g/mol. The first-order valence-electron chi connectivity index (χ1n) is 8.27. The second-order valence-corrected chi connectivity index (χ2v) is 7.57. The van der Waals surface area contributed by atoms with E-state index in [1.165, 1.54) is 17.4 Å². The third kappa shape index (κ3) is 2.51. The van der Waals surface area contributed by atoms with E-state index in [1.807, 2.05) is 26.0 Å². The second-order valence-electron chi connectivity index (χ2n) is 6.56. The van der Waals surface area contributed by atoms with Gasteiger partial charge < -0.3 is 5.32 Å². The molecule has 0 radical (unpaired) electrons. The lowest BCUT2D eigenvalue weighted by molar-refractivity contribution is 0.0941. The topological polar surface area (TPSA) is 63.5 Å². The molecule has 2 heterocycles. The minimum Gasteiger partial charge on any atom is -0.349 e. The number of carbonyl (C=O) groups excluding carboxylic acids is 1. The van der Waals surface area contributed by atoms with Crippen LogP contribution in [-0.4, -0.2) is 21.3 Å². The summed E-state index contributed by atoms with van der Waals surface area (Å²) in [4.78, 5) is 30.6. The van der Waals surface area contributed by atoms with Crippen LogP contribution >= 0.6 is 11.3 Å². The van der Waals surface area contributed by atoms with Crippen molar-refractivity contribution in [2.24, 2.45) is 0 Å². The molecule has 0 saturated heterocycles. The number of amides is 1. The van der Waals surface area contributed by atoms with Gasteiger partial charge in [0.05, 0.1) is 11.0 Å². The summed E-state index contributed by atoms with van der Waals surface area (Å²) in [6.45, 7) is 4.05. The van der Waals surface area contributed by atoms with Crippen LogP contribution in [0.25, 0.3) is 16.0 Å². The van der Waals surface area contributed by atoms with Gasteiger partial charge in [0.2, 0.25) is 0 Å². The first kappa shape index (κ1) is 15.3. The average molecular weight is 341 g/mol. The Bertz CT molecular complexity index is 1010. The van der Waals surface area contributed by atoms with Crippen LogP contribution in [0.4, 0.5) is 0 Å². The molecule has 0 aliphatic heterocycles. The van der Waals surface area contributed by atoms with E-state index in [4.69, 9.17) is 0 Å². The van der Waals surface area contributed by atoms with E-state index in [1.54, 1.807) is 4.40 Å². The molecule has 6 heteroatoms. The number of aromatic nitrogens is 2. The normalized spacial score (nSPS) is 15.4. The summed E-state index contributed by atoms with van der Waals surface area (Å²) in [6, 6.07) is 5.64. The zero-order chi connectivity index (χ0) is 16.8. The summed E-state index contributed by atoms with van der Waals surface area (Å²) in [6.07, 6.45) is 4.36. The molecule has 1 aliphatic rings. The van der Waals surface area contributed by atoms with Crippen LogP contribution in [0.2, 0.25) is 0 Å². The highest BCUT2D eigenvalue weighted by Crippen LogP contribution is 2.23. The number of carbonyl (C=O) groups is 1. The monoisotopic (exact) mass is 341 g/mol. The van der Waals surface area contributed by atoms with Gasteiger partial charge in [-0.25, -0.2) is 4.98 Å². The Hall–Kier alpha value is -2.21. The summed E-state index contributed by atoms with van der Waals surface area (Å²) >= 11 is 1.27. The van der Waals surface area contributed by atoms with Crippen molar-refractivity contribution in [3.05, 3.63) is 44.6 Å². The molecule has 2 aromatic heterocycles. The van der Waals surface area contributed by atoms with Crippen LogP contribution < -0.4 is 10.9 Å². The lowest BCUT2D eigenvalue weighted by Gasteiger charge is -2.11. The van der Waals surface area contributed by atoms with Crippen molar-refractivity contribution in [1.29, 1.82) is 0 Å². The van der Waals surface area contributed by atoms with Crippen molar-refractivity contribution in [3.63, 3.8) is 0 Å². The van der Waals surface area contributed by atoms with Crippen LogP contribution in [0.1, 0.15) is 46.5 Å². The van der Waals surface area contributed by atoms with E-state index in [2.05, 4.69) is 10.3 Å². The number of nitrogens with one attached hydrogen (secondary N) is 1. The zero-order valence-electron chi connectivity index (χ0n) is 13.8. The SMILES string of the molecule is Cc1cc2nc3sc(C(=O)NC4CCCC4)cc(=O)n3c2cc1C. The van der Waals surface area contributed by atoms with Gasteiger partial charge in [-0.2, -0.15) is 0 Å². The van der Waals surface area contributed by atoms with Gasteiger partial charge >= 0.3 is 0 Å². The van der Waals surface area contributed by atoms with Gasteiger partial charge in [-0.1, -0.05) is 24.2 Å². The molecule has 1 aliphatic carbocycles. The highest BCUT2D eigenvalue weighted by atomic mass is 32.1. The Kier molecular flexibility index (Phi) is 3.64. The molecule has 124 valence electrons. The summed E-state index contributed by atoms with van der Waals surface area (Å²) in [5.41, 5.74) is 3.65. The molecule has 1 saturated carbocycles. The van der Waals surface area contributed by atoms with Crippen molar-refractivity contribution in [3.8, 4) is 0 Å². The summed E-state index contributed by atoms with van der Waals surface area (Å²) in [7, 11) is 0. The van der Waals surface area contributed by atoms with Gasteiger partial charge in [-0.3, -0.25) is 14.0 Å². The Labute approximate surface area is 143 Å². The van der Waals surface area contributed by atoms with Crippen molar-refractivity contribution in [1.82, 2.24) is 14.7 Å². The number of hydrogen-bond donors (Lipinski definition) is 1. The zero-order valence-corrected chi connectivity index (χ0v) is 14.6. The lowest BCUT2D eigenvalue weighted by atomic mass is 10.1. The number of imidazole rings is 1. The molecule has 1 amide bonds. The van der Waals surface area contributed by atoms with Gasteiger partial charge in [0.15, 0.2) is 4.96 Å². The molecule has 5 nitrogen and oxygen atoms in total. The third-order valence-electron chi connectivity index (χ3n) is 4.83. The van der Waals surface area contributed by atoms with Crippen LogP contribution in [0, 0.1) is 13.8 Å². The van der Waals surface area contributed by atoms with E-state index in [9.17, 15) is 9.59 Å². The van der Waals surface area contributed by atoms with Crippen molar-refractivity contribution in [2.45, 2.75) is 45.6 Å². The average Bonchev–Trinajstić information content (AvgIpc) is 3.15. The molecule has 1 fully saturated rings. The number of fused-ring (bicyclic) bond motifs is 3. The maximum absolute atomic E-state index is 12.6. The molecular formula is C18H19N3O2S. The highest BCUT2D eigenvalue weighted by Gasteiger charge is 2.20. The van der Waals surface area contributed by atoms with Gasteiger partial charge in [0.1, 0.15) is 4.88 Å². The number of benzene rings is 1. The van der Waals surface area contributed by atoms with Crippen LogP contribution in [0.15, 0.2) is 23.0 Å². The first-order valence-corrected chi connectivity index (χ1v) is 9.09. The fourth-order valence-corrected chi connectivity index (χ4v) is 4.27. The van der Waals surface area contributed by atoms with E-state index < -0.39 is 0 Å². The predicted molar refractivity (Wildman–Crippen MR) is 96.0 cm³/mol. The van der Waals surface area contributed by atoms with Crippen LogP contribution in [0.5, 0.6) is 0 Å². The fraction of sp³-hybridized carbons (Fsp3) is 0.389. The number of nitrogens with zero attached hydrogens (tertiary/aromatic N) is 2. The molecule has 1 N–H and O–H groups in total. The number of aryl methyl sites for hydroxylation is 2. The molecule has 24 heavy (non-hydrogen) atoms. The lowest BCUT2D eigenvalue weighted by Crippen LogP contribution is -2.32. The van der Waals surface area contributed by atoms with Gasteiger partial charge in [-0.05, 0) is 49.9 Å². The Balaban J connectivity index is 1.80. The van der Waals surface area contributed by atoms with E-state index in [0.29, 0.717) is 9.84 Å². The highest BCUT2D eigenvalue weighted by molar-refractivity contribution is 7.18. The third-order valence-corrected chi connectivity index (χ3v) is 5.81. The minimum atomic E-state index is -0.203. The molecule has 0 spiro atoms. The predicted octanol–water partition coefficient (Wildman–Crippen LogP) is 3.20. The summed E-state index contributed by atoms with van der Waals surface area (Å²) in [5, 5.41) is 3.03. The Morgan fingerprint density at radius 1 is 1.21 bits per heavy atom. The largest absolute Gasteiger partial charge is 0.349 e. The van der Waals surface area contributed by atoms with Crippen LogP contribution in [-0.2, 0) is 0 Å². The molecule has 3 aromatic rings. The van der Waals surface area contributed by atoms with E-state index in [-0.39, 0.29) is 17.5 Å². The maximum atomic E-state index is 12.6. The number of rotatable bonds is 2. The maximum Gasteiger partial charge on any atom is 0.261 e. The van der Waals surface area contributed by atoms with Crippen molar-refractivity contribution in [2.75, 3.05) is 0 Å². The number of hydrogen-bond acceptors (Lipinski definition) is 4. The molecule has 0 unspecified atom stereocenters. The fourth-order valence-electron chi connectivity index (χ4n) is 3.33. The van der Waals surface area contributed by atoms with Gasteiger partial charge in [0.25, 0.3) is 11.5 Å². The molecule has 4 rings (SSSR count). The Morgan fingerprint density at radius 3 is 2.67 bits per heavy atom. The quantitative estimate of drug-likeness (QED) is 0.778. The first-order chi connectivity index (χ1) is 11.5. The van der Waals surface area contributed by atoms with E-state index in [0.717, 1.165) is 47.8 Å².